The van der Waals surface area contributed by atoms with Gasteiger partial charge in [0.15, 0.2) is 0 Å². The summed E-state index contributed by atoms with van der Waals surface area (Å²) < 4.78 is 11.9. The predicted octanol–water partition coefficient (Wildman–Crippen LogP) is 4.63. The third kappa shape index (κ3) is 5.32. The zero-order valence-corrected chi connectivity index (χ0v) is 14.1. The van der Waals surface area contributed by atoms with Gasteiger partial charge in [0.1, 0.15) is 11.5 Å². The van der Waals surface area contributed by atoms with E-state index in [0.717, 1.165) is 28.1 Å². The Bertz CT molecular complexity index is 592. The molecule has 0 unspecified atom stereocenters. The van der Waals surface area contributed by atoms with E-state index in [0.29, 0.717) is 18.2 Å². The maximum absolute atomic E-state index is 6.07. The number of hydrogen-bond donors (Lipinski definition) is 1. The van der Waals surface area contributed by atoms with Crippen molar-refractivity contribution < 1.29 is 9.47 Å². The standard InChI is InChI=1S/C16H17BrClNO2/c1-20-8-7-19-11-12-9-14(18)5-6-16(12)21-15-4-2-3-13(17)10-15/h2-6,9-10,19H,7-8,11H2,1H3. The van der Waals surface area contributed by atoms with E-state index in [1.54, 1.807) is 7.11 Å². The van der Waals surface area contributed by atoms with E-state index in [2.05, 4.69) is 21.2 Å². The maximum atomic E-state index is 6.07. The zero-order valence-electron chi connectivity index (χ0n) is 11.7. The van der Waals surface area contributed by atoms with E-state index in [4.69, 9.17) is 21.1 Å². The SMILES string of the molecule is COCCNCc1cc(Cl)ccc1Oc1cccc(Br)c1. The molecule has 1 N–H and O–H groups in total. The van der Waals surface area contributed by atoms with Crippen LogP contribution < -0.4 is 10.1 Å². The predicted molar refractivity (Wildman–Crippen MR) is 89.3 cm³/mol. The van der Waals surface area contributed by atoms with Crippen LogP contribution in [-0.2, 0) is 11.3 Å². The summed E-state index contributed by atoms with van der Waals surface area (Å²) in [6.45, 7) is 2.12. The Balaban J connectivity index is 2.10. The summed E-state index contributed by atoms with van der Waals surface area (Å²) in [5.74, 6) is 1.58. The lowest BCUT2D eigenvalue weighted by Crippen LogP contribution is -2.18. The minimum atomic E-state index is 0.669. The van der Waals surface area contributed by atoms with Crippen LogP contribution in [0.1, 0.15) is 5.56 Å². The molecule has 112 valence electrons. The fourth-order valence-corrected chi connectivity index (χ4v) is 2.41. The number of rotatable bonds is 7. The third-order valence-corrected chi connectivity index (χ3v) is 3.57. The molecule has 0 aliphatic carbocycles. The Morgan fingerprint density at radius 1 is 1.19 bits per heavy atom. The lowest BCUT2D eigenvalue weighted by Gasteiger charge is -2.12. The molecule has 0 amide bonds. The van der Waals surface area contributed by atoms with Crippen LogP contribution in [-0.4, -0.2) is 20.3 Å². The molecule has 0 atom stereocenters. The Hall–Kier alpha value is -1.07. The van der Waals surface area contributed by atoms with Gasteiger partial charge in [0.25, 0.3) is 0 Å². The van der Waals surface area contributed by atoms with E-state index in [1.165, 1.54) is 0 Å². The quantitative estimate of drug-likeness (QED) is 0.721. The smallest absolute Gasteiger partial charge is 0.132 e. The minimum Gasteiger partial charge on any atom is -0.457 e. The molecule has 0 spiro atoms. The van der Waals surface area contributed by atoms with Crippen LogP contribution in [0.5, 0.6) is 11.5 Å². The number of halogens is 2. The first-order valence-electron chi connectivity index (χ1n) is 6.60. The fourth-order valence-electron chi connectivity index (χ4n) is 1.84. The van der Waals surface area contributed by atoms with Gasteiger partial charge in [-0.25, -0.2) is 0 Å². The fraction of sp³-hybridized carbons (Fsp3) is 0.250. The highest BCUT2D eigenvalue weighted by molar-refractivity contribution is 9.10. The molecule has 2 aromatic carbocycles. The first-order chi connectivity index (χ1) is 10.2. The molecule has 2 rings (SSSR count). The van der Waals surface area contributed by atoms with Crippen molar-refractivity contribution in [3.63, 3.8) is 0 Å². The van der Waals surface area contributed by atoms with Crippen LogP contribution in [0, 0.1) is 0 Å². The first kappa shape index (κ1) is 16.3. The number of methoxy groups -OCH3 is 1. The monoisotopic (exact) mass is 369 g/mol. The molecule has 5 heteroatoms. The highest BCUT2D eigenvalue weighted by atomic mass is 79.9. The highest BCUT2D eigenvalue weighted by Gasteiger charge is 2.06. The summed E-state index contributed by atoms with van der Waals surface area (Å²) in [5, 5.41) is 3.99. The topological polar surface area (TPSA) is 30.5 Å². The lowest BCUT2D eigenvalue weighted by atomic mass is 10.2. The molecule has 0 aliphatic heterocycles. The van der Waals surface area contributed by atoms with E-state index in [-0.39, 0.29) is 0 Å². The molecule has 0 fully saturated rings. The van der Waals surface area contributed by atoms with Gasteiger partial charge in [0.05, 0.1) is 6.61 Å². The van der Waals surface area contributed by atoms with Crippen molar-refractivity contribution in [3.05, 3.63) is 57.5 Å². The molecule has 0 saturated carbocycles. The van der Waals surface area contributed by atoms with Crippen LogP contribution in [0.25, 0.3) is 0 Å². The second-order valence-corrected chi connectivity index (χ2v) is 5.83. The molecule has 0 radical (unpaired) electrons. The molecule has 0 aliphatic rings. The van der Waals surface area contributed by atoms with E-state index in [9.17, 15) is 0 Å². The van der Waals surface area contributed by atoms with Crippen LogP contribution in [0.15, 0.2) is 46.9 Å². The van der Waals surface area contributed by atoms with Gasteiger partial charge >= 0.3 is 0 Å². The first-order valence-corrected chi connectivity index (χ1v) is 7.77. The second kappa shape index (κ2) is 8.39. The van der Waals surface area contributed by atoms with Crippen molar-refractivity contribution in [2.24, 2.45) is 0 Å². The van der Waals surface area contributed by atoms with Crippen molar-refractivity contribution in [1.82, 2.24) is 5.32 Å². The molecule has 21 heavy (non-hydrogen) atoms. The van der Waals surface area contributed by atoms with Gasteiger partial charge in [0, 0.05) is 35.3 Å². The summed E-state index contributed by atoms with van der Waals surface area (Å²) in [6.07, 6.45) is 0. The molecule has 0 heterocycles. The van der Waals surface area contributed by atoms with Crippen molar-refractivity contribution in [3.8, 4) is 11.5 Å². The average molecular weight is 371 g/mol. The summed E-state index contributed by atoms with van der Waals surface area (Å²) in [5.41, 5.74) is 1.01. The van der Waals surface area contributed by atoms with Gasteiger partial charge in [0.2, 0.25) is 0 Å². The summed E-state index contributed by atoms with van der Waals surface area (Å²) in [7, 11) is 1.68. The van der Waals surface area contributed by atoms with E-state index in [1.807, 2.05) is 42.5 Å². The van der Waals surface area contributed by atoms with Gasteiger partial charge < -0.3 is 14.8 Å². The van der Waals surface area contributed by atoms with Crippen molar-refractivity contribution in [1.29, 1.82) is 0 Å². The summed E-state index contributed by atoms with van der Waals surface area (Å²) >= 11 is 9.51. The number of ether oxygens (including phenoxy) is 2. The van der Waals surface area contributed by atoms with Gasteiger partial charge in [-0.2, -0.15) is 0 Å². The molecule has 2 aromatic rings. The van der Waals surface area contributed by atoms with Crippen molar-refractivity contribution >= 4 is 27.5 Å². The van der Waals surface area contributed by atoms with Gasteiger partial charge in [-0.3, -0.25) is 0 Å². The molecule has 0 bridgehead atoms. The Kier molecular flexibility index (Phi) is 6.51. The molecule has 0 saturated heterocycles. The summed E-state index contributed by atoms with van der Waals surface area (Å²) in [4.78, 5) is 0. The normalized spacial score (nSPS) is 10.6. The average Bonchev–Trinajstić information content (AvgIpc) is 2.46. The van der Waals surface area contributed by atoms with Gasteiger partial charge in [-0.1, -0.05) is 33.6 Å². The van der Waals surface area contributed by atoms with Crippen LogP contribution in [0.2, 0.25) is 5.02 Å². The maximum Gasteiger partial charge on any atom is 0.132 e. The Morgan fingerprint density at radius 3 is 2.81 bits per heavy atom. The van der Waals surface area contributed by atoms with Crippen molar-refractivity contribution in [2.45, 2.75) is 6.54 Å². The van der Waals surface area contributed by atoms with Crippen LogP contribution in [0.4, 0.5) is 0 Å². The lowest BCUT2D eigenvalue weighted by molar-refractivity contribution is 0.199. The molecule has 0 aromatic heterocycles. The Morgan fingerprint density at radius 2 is 2.05 bits per heavy atom. The third-order valence-electron chi connectivity index (χ3n) is 2.84. The number of hydrogen-bond acceptors (Lipinski definition) is 3. The Labute approximate surface area is 138 Å². The summed E-state index contributed by atoms with van der Waals surface area (Å²) in [6, 6.07) is 13.4. The van der Waals surface area contributed by atoms with Crippen LogP contribution >= 0.6 is 27.5 Å². The van der Waals surface area contributed by atoms with E-state index < -0.39 is 0 Å². The molecular formula is C16H17BrClNO2. The van der Waals surface area contributed by atoms with Crippen molar-refractivity contribution in [2.75, 3.05) is 20.3 Å². The molecule has 3 nitrogen and oxygen atoms in total. The van der Waals surface area contributed by atoms with E-state index >= 15 is 0 Å². The number of benzene rings is 2. The minimum absolute atomic E-state index is 0.669. The van der Waals surface area contributed by atoms with Crippen LogP contribution in [0.3, 0.4) is 0 Å². The number of nitrogens with one attached hydrogen (secondary N) is 1. The molecular weight excluding hydrogens is 354 g/mol. The largest absolute Gasteiger partial charge is 0.457 e. The highest BCUT2D eigenvalue weighted by Crippen LogP contribution is 2.29. The van der Waals surface area contributed by atoms with Gasteiger partial charge in [-0.05, 0) is 36.4 Å². The second-order valence-electron chi connectivity index (χ2n) is 4.48. The zero-order chi connectivity index (χ0) is 15.1. The van der Waals surface area contributed by atoms with Gasteiger partial charge in [-0.15, -0.1) is 0 Å².